The number of rotatable bonds is 6. The van der Waals surface area contributed by atoms with Crippen molar-refractivity contribution in [2.24, 2.45) is 0 Å². The number of nitriles is 1. The van der Waals surface area contributed by atoms with Crippen molar-refractivity contribution in [1.82, 2.24) is 5.32 Å². The van der Waals surface area contributed by atoms with Gasteiger partial charge in [-0.3, -0.25) is 9.59 Å². The van der Waals surface area contributed by atoms with Gasteiger partial charge in [-0.25, -0.2) is 0 Å². The Hall–Kier alpha value is -2.35. The molecule has 0 saturated heterocycles. The van der Waals surface area contributed by atoms with Crippen LogP contribution in [0.4, 0.5) is 5.69 Å². The minimum atomic E-state index is -0.231. The number of nitrogens with one attached hydrogen (secondary N) is 1. The Morgan fingerprint density at radius 2 is 2.15 bits per heavy atom. The maximum atomic E-state index is 11.8. The highest BCUT2D eigenvalue weighted by atomic mass is 16.2. The number of hydrogen-bond donors (Lipinski definition) is 1. The van der Waals surface area contributed by atoms with E-state index in [0.717, 1.165) is 12.8 Å². The Balaban J connectivity index is 2.76. The van der Waals surface area contributed by atoms with E-state index in [0.29, 0.717) is 17.8 Å². The summed E-state index contributed by atoms with van der Waals surface area (Å²) < 4.78 is 0. The van der Waals surface area contributed by atoms with Gasteiger partial charge in [-0.1, -0.05) is 19.4 Å². The van der Waals surface area contributed by atoms with Crippen LogP contribution >= 0.6 is 0 Å². The van der Waals surface area contributed by atoms with Crippen molar-refractivity contribution in [2.45, 2.75) is 26.7 Å². The summed E-state index contributed by atoms with van der Waals surface area (Å²) in [5.74, 6) is -0.429. The molecule has 2 amide bonds. The van der Waals surface area contributed by atoms with Gasteiger partial charge in [-0.15, -0.1) is 0 Å². The molecule has 0 aliphatic rings. The minimum absolute atomic E-state index is 0.0338. The summed E-state index contributed by atoms with van der Waals surface area (Å²) in [6, 6.07) is 8.67. The molecule has 0 bridgehead atoms. The van der Waals surface area contributed by atoms with Gasteiger partial charge in [0.25, 0.3) is 0 Å². The highest BCUT2D eigenvalue weighted by molar-refractivity contribution is 5.97. The molecule has 1 rings (SSSR count). The molecule has 1 aromatic carbocycles. The van der Waals surface area contributed by atoms with Crippen LogP contribution in [0, 0.1) is 11.3 Å². The van der Waals surface area contributed by atoms with E-state index >= 15 is 0 Å². The van der Waals surface area contributed by atoms with E-state index in [1.165, 1.54) is 11.8 Å². The maximum Gasteiger partial charge on any atom is 0.240 e. The molecular weight excluding hydrogens is 254 g/mol. The van der Waals surface area contributed by atoms with E-state index < -0.39 is 0 Å². The third-order valence-electron chi connectivity index (χ3n) is 2.82. The largest absolute Gasteiger partial charge is 0.355 e. The van der Waals surface area contributed by atoms with E-state index in [1.54, 1.807) is 24.3 Å². The highest BCUT2D eigenvalue weighted by Crippen LogP contribution is 2.15. The van der Waals surface area contributed by atoms with Crippen molar-refractivity contribution in [3.63, 3.8) is 0 Å². The van der Waals surface area contributed by atoms with Gasteiger partial charge in [0.1, 0.15) is 6.54 Å². The summed E-state index contributed by atoms with van der Waals surface area (Å²) in [7, 11) is 0. The summed E-state index contributed by atoms with van der Waals surface area (Å²) in [4.78, 5) is 24.8. The van der Waals surface area contributed by atoms with Gasteiger partial charge < -0.3 is 10.2 Å². The topological polar surface area (TPSA) is 73.2 Å². The van der Waals surface area contributed by atoms with Gasteiger partial charge in [-0.2, -0.15) is 5.26 Å². The van der Waals surface area contributed by atoms with Crippen LogP contribution in [0.15, 0.2) is 24.3 Å². The van der Waals surface area contributed by atoms with Crippen LogP contribution in [0.25, 0.3) is 0 Å². The van der Waals surface area contributed by atoms with E-state index in [-0.39, 0.29) is 18.4 Å². The van der Waals surface area contributed by atoms with E-state index in [4.69, 9.17) is 5.26 Å². The number of nitrogens with zero attached hydrogens (tertiary/aromatic N) is 2. The second-order valence-electron chi connectivity index (χ2n) is 4.47. The zero-order valence-corrected chi connectivity index (χ0v) is 11.8. The maximum absolute atomic E-state index is 11.8. The molecule has 20 heavy (non-hydrogen) atoms. The van der Waals surface area contributed by atoms with Gasteiger partial charge in [0.05, 0.1) is 11.6 Å². The third kappa shape index (κ3) is 4.73. The molecule has 0 fully saturated rings. The van der Waals surface area contributed by atoms with Crippen molar-refractivity contribution in [2.75, 3.05) is 18.0 Å². The first-order chi connectivity index (χ1) is 9.58. The van der Waals surface area contributed by atoms with Gasteiger partial charge in [0.15, 0.2) is 0 Å². The Kier molecular flexibility index (Phi) is 6.24. The van der Waals surface area contributed by atoms with Crippen LogP contribution in [0.5, 0.6) is 0 Å². The number of amides is 2. The van der Waals surface area contributed by atoms with E-state index in [9.17, 15) is 9.59 Å². The molecule has 0 saturated carbocycles. The molecule has 5 nitrogen and oxygen atoms in total. The predicted octanol–water partition coefficient (Wildman–Crippen LogP) is 1.83. The lowest BCUT2D eigenvalue weighted by molar-refractivity contribution is -0.123. The summed E-state index contributed by atoms with van der Waals surface area (Å²) in [6.07, 6.45) is 1.91. The first-order valence-corrected chi connectivity index (χ1v) is 6.63. The second kappa shape index (κ2) is 7.95. The molecule has 0 aliphatic heterocycles. The lowest BCUT2D eigenvalue weighted by Gasteiger charge is -2.20. The van der Waals surface area contributed by atoms with Crippen LogP contribution < -0.4 is 10.2 Å². The standard InChI is InChI=1S/C15H19N3O2/c1-3-4-8-17-15(20)11-18(12(2)19)14-7-5-6-13(9-14)10-16/h5-7,9H,3-4,8,11H2,1-2H3,(H,17,20). The van der Waals surface area contributed by atoms with Crippen molar-refractivity contribution in [1.29, 1.82) is 5.26 Å². The molecule has 5 heteroatoms. The van der Waals surface area contributed by atoms with Gasteiger partial charge in [0, 0.05) is 19.2 Å². The molecule has 0 heterocycles. The molecular formula is C15H19N3O2. The molecule has 106 valence electrons. The summed E-state index contributed by atoms with van der Waals surface area (Å²) in [6.45, 7) is 4.02. The lowest BCUT2D eigenvalue weighted by Crippen LogP contribution is -2.40. The minimum Gasteiger partial charge on any atom is -0.355 e. The Labute approximate surface area is 119 Å². The van der Waals surface area contributed by atoms with Crippen molar-refractivity contribution in [3.8, 4) is 6.07 Å². The third-order valence-corrected chi connectivity index (χ3v) is 2.82. The van der Waals surface area contributed by atoms with E-state index in [1.807, 2.05) is 13.0 Å². The normalized spacial score (nSPS) is 9.65. The number of hydrogen-bond acceptors (Lipinski definition) is 3. The second-order valence-corrected chi connectivity index (χ2v) is 4.47. The van der Waals surface area contributed by atoms with E-state index in [2.05, 4.69) is 5.32 Å². The fraction of sp³-hybridized carbons (Fsp3) is 0.400. The quantitative estimate of drug-likeness (QED) is 0.804. The van der Waals surface area contributed by atoms with Crippen LogP contribution in [-0.4, -0.2) is 24.9 Å². The summed E-state index contributed by atoms with van der Waals surface area (Å²) in [5, 5.41) is 11.6. The molecule has 0 radical (unpaired) electrons. The van der Waals surface area contributed by atoms with Crippen molar-refractivity contribution < 1.29 is 9.59 Å². The first kappa shape index (κ1) is 15.7. The van der Waals surface area contributed by atoms with Gasteiger partial charge in [0.2, 0.25) is 11.8 Å². The monoisotopic (exact) mass is 273 g/mol. The smallest absolute Gasteiger partial charge is 0.240 e. The summed E-state index contributed by atoms with van der Waals surface area (Å²) >= 11 is 0. The highest BCUT2D eigenvalue weighted by Gasteiger charge is 2.15. The average Bonchev–Trinajstić information content (AvgIpc) is 2.44. The molecule has 0 aromatic heterocycles. The van der Waals surface area contributed by atoms with Crippen LogP contribution in [0.3, 0.4) is 0 Å². The lowest BCUT2D eigenvalue weighted by atomic mass is 10.2. The van der Waals surface area contributed by atoms with Gasteiger partial charge in [-0.05, 0) is 24.6 Å². The molecule has 0 atom stereocenters. The molecule has 0 spiro atoms. The van der Waals surface area contributed by atoms with Crippen LogP contribution in [0.1, 0.15) is 32.3 Å². The Morgan fingerprint density at radius 3 is 2.75 bits per heavy atom. The van der Waals surface area contributed by atoms with Gasteiger partial charge >= 0.3 is 0 Å². The Bertz CT molecular complexity index is 520. The number of carbonyl (C=O) groups is 2. The van der Waals surface area contributed by atoms with Crippen LogP contribution in [-0.2, 0) is 9.59 Å². The molecule has 1 aromatic rings. The number of benzene rings is 1. The molecule has 0 aliphatic carbocycles. The first-order valence-electron chi connectivity index (χ1n) is 6.63. The van der Waals surface area contributed by atoms with Crippen LogP contribution in [0.2, 0.25) is 0 Å². The molecule has 1 N–H and O–H groups in total. The summed E-state index contributed by atoms with van der Waals surface area (Å²) in [5.41, 5.74) is 1.02. The SMILES string of the molecule is CCCCNC(=O)CN(C(C)=O)c1cccc(C#N)c1. The predicted molar refractivity (Wildman–Crippen MR) is 77.1 cm³/mol. The molecule has 0 unspecified atom stereocenters. The fourth-order valence-corrected chi connectivity index (χ4v) is 1.73. The fourth-order valence-electron chi connectivity index (χ4n) is 1.73. The number of anilines is 1. The average molecular weight is 273 g/mol. The zero-order valence-electron chi connectivity index (χ0n) is 11.8. The number of carbonyl (C=O) groups excluding carboxylic acids is 2. The Morgan fingerprint density at radius 1 is 1.40 bits per heavy atom. The van der Waals surface area contributed by atoms with Crippen molar-refractivity contribution in [3.05, 3.63) is 29.8 Å². The zero-order chi connectivity index (χ0) is 15.0. The van der Waals surface area contributed by atoms with Crippen molar-refractivity contribution >= 4 is 17.5 Å². The number of unbranched alkanes of at least 4 members (excludes halogenated alkanes) is 1.